The molecule has 1 aromatic carbocycles. The van der Waals surface area contributed by atoms with Gasteiger partial charge in [-0.2, -0.15) is 0 Å². The van der Waals surface area contributed by atoms with Crippen LogP contribution in [0, 0.1) is 13.8 Å². The van der Waals surface area contributed by atoms with Crippen molar-refractivity contribution in [2.75, 3.05) is 6.61 Å². The van der Waals surface area contributed by atoms with E-state index in [1.807, 2.05) is 26.8 Å². The highest BCUT2D eigenvalue weighted by molar-refractivity contribution is 5.94. The van der Waals surface area contributed by atoms with E-state index in [4.69, 9.17) is 9.15 Å². The molecule has 0 bridgehead atoms. The SMILES string of the molecule is CCCCC(=CC(=O)OCC)c1oc2cc(C)ccc2c1C. The van der Waals surface area contributed by atoms with E-state index in [1.165, 1.54) is 0 Å². The summed E-state index contributed by atoms with van der Waals surface area (Å²) >= 11 is 0. The third kappa shape index (κ3) is 3.59. The van der Waals surface area contributed by atoms with E-state index in [0.717, 1.165) is 52.7 Å². The maximum Gasteiger partial charge on any atom is 0.331 e. The molecule has 1 aromatic heterocycles. The molecular weight excluding hydrogens is 276 g/mol. The summed E-state index contributed by atoms with van der Waals surface area (Å²) in [5, 5.41) is 1.10. The van der Waals surface area contributed by atoms with Gasteiger partial charge in [0.05, 0.1) is 6.61 Å². The molecule has 0 aliphatic rings. The first kappa shape index (κ1) is 16.3. The third-order valence-electron chi connectivity index (χ3n) is 3.76. The Morgan fingerprint density at radius 3 is 2.73 bits per heavy atom. The Bertz CT molecular complexity index is 692. The molecule has 2 aromatic rings. The fourth-order valence-corrected chi connectivity index (χ4v) is 2.58. The quantitative estimate of drug-likeness (QED) is 0.544. The van der Waals surface area contributed by atoms with E-state index < -0.39 is 0 Å². The molecule has 2 rings (SSSR count). The van der Waals surface area contributed by atoms with Crippen molar-refractivity contribution in [2.24, 2.45) is 0 Å². The molecule has 0 N–H and O–H groups in total. The second kappa shape index (κ2) is 7.30. The van der Waals surface area contributed by atoms with Crippen molar-refractivity contribution < 1.29 is 13.9 Å². The van der Waals surface area contributed by atoms with E-state index in [0.29, 0.717) is 6.61 Å². The highest BCUT2D eigenvalue weighted by atomic mass is 16.5. The fraction of sp³-hybridized carbons (Fsp3) is 0.421. The molecule has 0 spiro atoms. The largest absolute Gasteiger partial charge is 0.463 e. The number of furan rings is 1. The zero-order valence-corrected chi connectivity index (χ0v) is 13.9. The van der Waals surface area contributed by atoms with E-state index in [-0.39, 0.29) is 5.97 Å². The molecule has 0 fully saturated rings. The summed E-state index contributed by atoms with van der Waals surface area (Å²) in [5.74, 6) is 0.506. The van der Waals surface area contributed by atoms with Gasteiger partial charge in [-0.3, -0.25) is 0 Å². The van der Waals surface area contributed by atoms with E-state index in [2.05, 4.69) is 19.1 Å². The van der Waals surface area contributed by atoms with Crippen LogP contribution in [0.25, 0.3) is 16.5 Å². The number of benzene rings is 1. The Balaban J connectivity index is 2.46. The summed E-state index contributed by atoms with van der Waals surface area (Å²) in [7, 11) is 0. The minimum absolute atomic E-state index is 0.301. The Labute approximate surface area is 132 Å². The molecule has 0 atom stereocenters. The van der Waals surface area contributed by atoms with Gasteiger partial charge in [-0.25, -0.2) is 4.79 Å². The van der Waals surface area contributed by atoms with E-state index >= 15 is 0 Å². The van der Waals surface area contributed by atoms with Crippen LogP contribution < -0.4 is 0 Å². The Morgan fingerprint density at radius 2 is 2.05 bits per heavy atom. The smallest absolute Gasteiger partial charge is 0.331 e. The maximum atomic E-state index is 11.8. The van der Waals surface area contributed by atoms with Gasteiger partial charge in [-0.05, 0) is 45.2 Å². The average molecular weight is 300 g/mol. The number of allylic oxidation sites excluding steroid dienone is 1. The lowest BCUT2D eigenvalue weighted by Gasteiger charge is -2.05. The van der Waals surface area contributed by atoms with Crippen LogP contribution in [0.1, 0.15) is 50.0 Å². The first-order chi connectivity index (χ1) is 10.6. The van der Waals surface area contributed by atoms with Crippen LogP contribution in [0.4, 0.5) is 0 Å². The number of esters is 1. The predicted octanol–water partition coefficient (Wildman–Crippen LogP) is 5.19. The summed E-state index contributed by atoms with van der Waals surface area (Å²) < 4.78 is 11.1. The number of rotatable bonds is 6. The van der Waals surface area contributed by atoms with Crippen molar-refractivity contribution >= 4 is 22.5 Å². The molecule has 0 unspecified atom stereocenters. The topological polar surface area (TPSA) is 39.4 Å². The van der Waals surface area contributed by atoms with Gasteiger partial charge in [0, 0.05) is 22.6 Å². The van der Waals surface area contributed by atoms with Gasteiger partial charge < -0.3 is 9.15 Å². The van der Waals surface area contributed by atoms with Gasteiger partial charge in [-0.1, -0.05) is 25.5 Å². The molecule has 3 heteroatoms. The summed E-state index contributed by atoms with van der Waals surface area (Å²) in [4.78, 5) is 11.8. The van der Waals surface area contributed by atoms with Crippen molar-refractivity contribution in [2.45, 2.75) is 47.0 Å². The molecule has 118 valence electrons. The summed E-state index contributed by atoms with van der Waals surface area (Å²) in [6.07, 6.45) is 4.48. The second-order valence-corrected chi connectivity index (χ2v) is 5.58. The van der Waals surface area contributed by atoms with Crippen molar-refractivity contribution in [1.82, 2.24) is 0 Å². The van der Waals surface area contributed by atoms with Gasteiger partial charge in [0.1, 0.15) is 11.3 Å². The van der Waals surface area contributed by atoms with Crippen LogP contribution in [-0.4, -0.2) is 12.6 Å². The standard InChI is InChI=1S/C19H24O3/c1-5-7-8-15(12-18(20)21-6-2)19-14(4)16-10-9-13(3)11-17(16)22-19/h9-12H,5-8H2,1-4H3. The molecule has 0 radical (unpaired) electrons. The Kier molecular flexibility index (Phi) is 5.42. The predicted molar refractivity (Wildman–Crippen MR) is 89.8 cm³/mol. The van der Waals surface area contributed by atoms with E-state index in [1.54, 1.807) is 6.08 Å². The van der Waals surface area contributed by atoms with Gasteiger partial charge in [0.15, 0.2) is 0 Å². The Hall–Kier alpha value is -2.03. The number of hydrogen-bond donors (Lipinski definition) is 0. The van der Waals surface area contributed by atoms with Crippen molar-refractivity contribution in [3.63, 3.8) is 0 Å². The highest BCUT2D eigenvalue weighted by Crippen LogP contribution is 2.33. The lowest BCUT2D eigenvalue weighted by Crippen LogP contribution is -2.01. The average Bonchev–Trinajstić information content (AvgIpc) is 2.80. The molecule has 0 saturated heterocycles. The molecule has 1 heterocycles. The van der Waals surface area contributed by atoms with Gasteiger partial charge in [-0.15, -0.1) is 0 Å². The van der Waals surface area contributed by atoms with Crippen LogP contribution >= 0.6 is 0 Å². The number of aryl methyl sites for hydroxylation is 2. The zero-order chi connectivity index (χ0) is 16.1. The van der Waals surface area contributed by atoms with Crippen LogP contribution in [0.15, 0.2) is 28.7 Å². The van der Waals surface area contributed by atoms with Gasteiger partial charge in [0.2, 0.25) is 0 Å². The first-order valence-corrected chi connectivity index (χ1v) is 7.94. The van der Waals surface area contributed by atoms with Gasteiger partial charge in [0.25, 0.3) is 0 Å². The first-order valence-electron chi connectivity index (χ1n) is 7.94. The molecule has 0 saturated carbocycles. The maximum absolute atomic E-state index is 11.8. The monoisotopic (exact) mass is 300 g/mol. The Morgan fingerprint density at radius 1 is 1.27 bits per heavy atom. The summed E-state index contributed by atoms with van der Waals surface area (Å²) in [6, 6.07) is 6.19. The second-order valence-electron chi connectivity index (χ2n) is 5.58. The van der Waals surface area contributed by atoms with Crippen LogP contribution in [0.3, 0.4) is 0 Å². The van der Waals surface area contributed by atoms with E-state index in [9.17, 15) is 4.79 Å². The molecule has 0 amide bonds. The molecule has 0 aliphatic carbocycles. The molecule has 0 aliphatic heterocycles. The zero-order valence-electron chi connectivity index (χ0n) is 13.9. The molecular formula is C19H24O3. The van der Waals surface area contributed by atoms with Crippen LogP contribution in [0.5, 0.6) is 0 Å². The number of carbonyl (C=O) groups excluding carboxylic acids is 1. The minimum Gasteiger partial charge on any atom is -0.463 e. The summed E-state index contributed by atoms with van der Waals surface area (Å²) in [5.41, 5.74) is 4.05. The van der Waals surface area contributed by atoms with Crippen LogP contribution in [0.2, 0.25) is 0 Å². The number of hydrogen-bond acceptors (Lipinski definition) is 3. The van der Waals surface area contributed by atoms with Gasteiger partial charge >= 0.3 is 5.97 Å². The lowest BCUT2D eigenvalue weighted by atomic mass is 10.0. The number of carbonyl (C=O) groups is 1. The summed E-state index contributed by atoms with van der Waals surface area (Å²) in [6.45, 7) is 8.42. The number of ether oxygens (including phenoxy) is 1. The van der Waals surface area contributed by atoms with Crippen molar-refractivity contribution in [1.29, 1.82) is 0 Å². The highest BCUT2D eigenvalue weighted by Gasteiger charge is 2.16. The normalized spacial score (nSPS) is 11.9. The molecule has 22 heavy (non-hydrogen) atoms. The van der Waals surface area contributed by atoms with Crippen LogP contribution in [-0.2, 0) is 9.53 Å². The lowest BCUT2D eigenvalue weighted by molar-refractivity contribution is -0.137. The fourth-order valence-electron chi connectivity index (χ4n) is 2.58. The molecule has 3 nitrogen and oxygen atoms in total. The third-order valence-corrected chi connectivity index (χ3v) is 3.76. The van der Waals surface area contributed by atoms with Crippen molar-refractivity contribution in [3.05, 3.63) is 41.2 Å². The number of fused-ring (bicyclic) bond motifs is 1. The van der Waals surface area contributed by atoms with Crippen molar-refractivity contribution in [3.8, 4) is 0 Å². The minimum atomic E-state index is -0.301. The number of unbranched alkanes of at least 4 members (excludes halogenated alkanes) is 1.